The lowest BCUT2D eigenvalue weighted by atomic mass is 10.1. The third kappa shape index (κ3) is 3.69. The standard InChI is InChI=1S/C11H15N3O4S/c15-8-2-1-7(10(17)13-8)12-9(16)3-4-14-5-6-19-11(14)18/h7H,1-6H2,(H,12,16)(H,13,15,17). The summed E-state index contributed by atoms with van der Waals surface area (Å²) in [6.07, 6.45) is 0.733. The highest BCUT2D eigenvalue weighted by Gasteiger charge is 2.28. The average molecular weight is 285 g/mol. The molecule has 4 amide bonds. The lowest BCUT2D eigenvalue weighted by Gasteiger charge is -2.22. The summed E-state index contributed by atoms with van der Waals surface area (Å²) in [5, 5.41) is 4.75. The minimum atomic E-state index is -0.645. The van der Waals surface area contributed by atoms with Crippen molar-refractivity contribution in [2.24, 2.45) is 0 Å². The minimum absolute atomic E-state index is 0.00574. The van der Waals surface area contributed by atoms with E-state index in [-0.39, 0.29) is 29.9 Å². The van der Waals surface area contributed by atoms with Crippen LogP contribution in [0.1, 0.15) is 19.3 Å². The number of hydrogen-bond donors (Lipinski definition) is 2. The maximum Gasteiger partial charge on any atom is 0.281 e. The molecule has 0 bridgehead atoms. The fourth-order valence-electron chi connectivity index (χ4n) is 1.96. The molecule has 7 nitrogen and oxygen atoms in total. The van der Waals surface area contributed by atoms with Gasteiger partial charge in [0.15, 0.2) is 0 Å². The number of carbonyl (C=O) groups is 4. The van der Waals surface area contributed by atoms with Crippen LogP contribution in [0.25, 0.3) is 0 Å². The Bertz CT molecular complexity index is 426. The molecule has 19 heavy (non-hydrogen) atoms. The van der Waals surface area contributed by atoms with E-state index in [2.05, 4.69) is 10.6 Å². The summed E-state index contributed by atoms with van der Waals surface area (Å²) >= 11 is 1.25. The van der Waals surface area contributed by atoms with Gasteiger partial charge in [-0.2, -0.15) is 0 Å². The number of rotatable bonds is 4. The van der Waals surface area contributed by atoms with Crippen molar-refractivity contribution in [3.05, 3.63) is 0 Å². The summed E-state index contributed by atoms with van der Waals surface area (Å²) in [5.74, 6) is -0.292. The van der Waals surface area contributed by atoms with Crippen molar-refractivity contribution in [1.82, 2.24) is 15.5 Å². The van der Waals surface area contributed by atoms with Crippen LogP contribution in [0.2, 0.25) is 0 Å². The first-order valence-electron chi connectivity index (χ1n) is 6.11. The number of carbonyl (C=O) groups excluding carboxylic acids is 4. The molecule has 0 aliphatic carbocycles. The molecular weight excluding hydrogens is 270 g/mol. The van der Waals surface area contributed by atoms with Crippen LogP contribution in [0.15, 0.2) is 0 Å². The maximum atomic E-state index is 11.7. The molecule has 0 radical (unpaired) electrons. The van der Waals surface area contributed by atoms with Crippen molar-refractivity contribution in [2.45, 2.75) is 25.3 Å². The first-order chi connectivity index (χ1) is 9.06. The number of nitrogens with one attached hydrogen (secondary N) is 2. The van der Waals surface area contributed by atoms with E-state index in [1.165, 1.54) is 11.8 Å². The number of hydrogen-bond acceptors (Lipinski definition) is 5. The molecule has 0 aromatic carbocycles. The van der Waals surface area contributed by atoms with Crippen LogP contribution < -0.4 is 10.6 Å². The zero-order valence-electron chi connectivity index (χ0n) is 10.3. The van der Waals surface area contributed by atoms with E-state index in [0.717, 1.165) is 5.75 Å². The van der Waals surface area contributed by atoms with E-state index in [1.54, 1.807) is 4.90 Å². The number of thioether (sulfide) groups is 1. The van der Waals surface area contributed by atoms with Gasteiger partial charge in [-0.1, -0.05) is 11.8 Å². The van der Waals surface area contributed by atoms with Gasteiger partial charge in [0, 0.05) is 31.7 Å². The van der Waals surface area contributed by atoms with Gasteiger partial charge < -0.3 is 10.2 Å². The van der Waals surface area contributed by atoms with Crippen molar-refractivity contribution in [3.8, 4) is 0 Å². The second-order valence-corrected chi connectivity index (χ2v) is 5.47. The van der Waals surface area contributed by atoms with Gasteiger partial charge >= 0.3 is 0 Å². The Morgan fingerprint density at radius 3 is 2.84 bits per heavy atom. The summed E-state index contributed by atoms with van der Waals surface area (Å²) in [6, 6.07) is -0.645. The van der Waals surface area contributed by atoms with Crippen LogP contribution >= 0.6 is 11.8 Å². The van der Waals surface area contributed by atoms with E-state index in [1.807, 2.05) is 0 Å². The van der Waals surface area contributed by atoms with E-state index in [4.69, 9.17) is 0 Å². The Morgan fingerprint density at radius 2 is 2.21 bits per heavy atom. The predicted octanol–water partition coefficient (Wildman–Crippen LogP) is -0.533. The average Bonchev–Trinajstić information content (AvgIpc) is 2.76. The van der Waals surface area contributed by atoms with Gasteiger partial charge in [0.1, 0.15) is 6.04 Å². The smallest absolute Gasteiger partial charge is 0.281 e. The zero-order valence-corrected chi connectivity index (χ0v) is 11.1. The van der Waals surface area contributed by atoms with Gasteiger partial charge in [0.05, 0.1) is 0 Å². The third-order valence-electron chi connectivity index (χ3n) is 3.03. The van der Waals surface area contributed by atoms with Crippen LogP contribution in [0.5, 0.6) is 0 Å². The topological polar surface area (TPSA) is 95.6 Å². The lowest BCUT2D eigenvalue weighted by Crippen LogP contribution is -2.52. The molecule has 1 unspecified atom stereocenters. The van der Waals surface area contributed by atoms with E-state index in [9.17, 15) is 19.2 Å². The largest absolute Gasteiger partial charge is 0.344 e. The molecule has 2 fully saturated rings. The Hall–Kier alpha value is -1.57. The Morgan fingerprint density at radius 1 is 1.42 bits per heavy atom. The van der Waals surface area contributed by atoms with Crippen molar-refractivity contribution >= 4 is 34.7 Å². The normalized spacial score (nSPS) is 23.5. The fourth-order valence-corrected chi connectivity index (χ4v) is 2.81. The molecule has 8 heteroatoms. The molecule has 2 rings (SSSR count). The van der Waals surface area contributed by atoms with Crippen LogP contribution in [0, 0.1) is 0 Å². The molecule has 2 N–H and O–H groups in total. The Kier molecular flexibility index (Phi) is 4.41. The highest BCUT2D eigenvalue weighted by Crippen LogP contribution is 2.17. The van der Waals surface area contributed by atoms with E-state index >= 15 is 0 Å². The molecule has 0 saturated carbocycles. The molecule has 2 aliphatic rings. The molecule has 0 aromatic heterocycles. The number of nitrogens with zero attached hydrogens (tertiary/aromatic N) is 1. The van der Waals surface area contributed by atoms with Gasteiger partial charge in [0.25, 0.3) is 5.24 Å². The van der Waals surface area contributed by atoms with E-state index in [0.29, 0.717) is 19.5 Å². The molecule has 0 spiro atoms. The molecule has 0 aromatic rings. The molecule has 2 saturated heterocycles. The Labute approximate surface area is 114 Å². The minimum Gasteiger partial charge on any atom is -0.344 e. The molecule has 2 aliphatic heterocycles. The summed E-state index contributed by atoms with van der Waals surface area (Å²) in [4.78, 5) is 47.0. The maximum absolute atomic E-state index is 11.7. The van der Waals surface area contributed by atoms with Gasteiger partial charge in [-0.05, 0) is 6.42 Å². The van der Waals surface area contributed by atoms with Crippen LogP contribution in [0.3, 0.4) is 0 Å². The highest BCUT2D eigenvalue weighted by molar-refractivity contribution is 8.13. The summed E-state index contributed by atoms with van der Waals surface area (Å²) in [5.41, 5.74) is 0. The highest BCUT2D eigenvalue weighted by atomic mass is 32.2. The van der Waals surface area contributed by atoms with Crippen molar-refractivity contribution in [1.29, 1.82) is 0 Å². The first-order valence-corrected chi connectivity index (χ1v) is 7.09. The van der Waals surface area contributed by atoms with Gasteiger partial charge in [-0.25, -0.2) is 0 Å². The van der Waals surface area contributed by atoms with Crippen molar-refractivity contribution in [2.75, 3.05) is 18.8 Å². The summed E-state index contributed by atoms with van der Waals surface area (Å²) in [7, 11) is 0. The van der Waals surface area contributed by atoms with Crippen molar-refractivity contribution < 1.29 is 19.2 Å². The Balaban J connectivity index is 1.73. The number of piperidine rings is 1. The molecule has 2 heterocycles. The van der Waals surface area contributed by atoms with E-state index < -0.39 is 11.9 Å². The van der Waals surface area contributed by atoms with Crippen LogP contribution in [-0.4, -0.2) is 52.7 Å². The number of amides is 4. The number of imide groups is 1. The first kappa shape index (κ1) is 13.9. The van der Waals surface area contributed by atoms with Gasteiger partial charge in [-0.3, -0.25) is 24.5 Å². The second-order valence-electron chi connectivity index (χ2n) is 4.42. The molecule has 104 valence electrons. The zero-order chi connectivity index (χ0) is 13.8. The summed E-state index contributed by atoms with van der Waals surface area (Å²) in [6.45, 7) is 1.03. The quantitative estimate of drug-likeness (QED) is 0.677. The SMILES string of the molecule is O=C1CCC(NC(=O)CCN2CCSC2=O)C(=O)N1. The third-order valence-corrected chi connectivity index (χ3v) is 3.92. The van der Waals surface area contributed by atoms with Crippen molar-refractivity contribution in [3.63, 3.8) is 0 Å². The molecule has 1 atom stereocenters. The van der Waals surface area contributed by atoms with Crippen LogP contribution in [-0.2, 0) is 14.4 Å². The van der Waals surface area contributed by atoms with Gasteiger partial charge in [-0.15, -0.1) is 0 Å². The predicted molar refractivity (Wildman–Crippen MR) is 68.4 cm³/mol. The second kappa shape index (κ2) is 6.05. The lowest BCUT2D eigenvalue weighted by molar-refractivity contribution is -0.137. The molecular formula is C11H15N3O4S. The monoisotopic (exact) mass is 285 g/mol. The fraction of sp³-hybridized carbons (Fsp3) is 0.636. The summed E-state index contributed by atoms with van der Waals surface area (Å²) < 4.78 is 0. The van der Waals surface area contributed by atoms with Gasteiger partial charge in [0.2, 0.25) is 17.7 Å². The van der Waals surface area contributed by atoms with Crippen LogP contribution in [0.4, 0.5) is 4.79 Å².